The number of aromatic amines is 1. The van der Waals surface area contributed by atoms with Crippen molar-refractivity contribution in [2.45, 2.75) is 53.0 Å². The normalized spacial score (nSPS) is 11.2. The van der Waals surface area contributed by atoms with Crippen molar-refractivity contribution in [3.05, 3.63) is 44.0 Å². The van der Waals surface area contributed by atoms with Crippen LogP contribution in [0.1, 0.15) is 49.2 Å². The molecule has 26 heavy (non-hydrogen) atoms. The van der Waals surface area contributed by atoms with Crippen LogP contribution in [0.15, 0.2) is 22.3 Å². The Morgan fingerprint density at radius 1 is 1.35 bits per heavy atom. The van der Waals surface area contributed by atoms with Crippen LogP contribution in [0.3, 0.4) is 0 Å². The summed E-state index contributed by atoms with van der Waals surface area (Å²) in [5.74, 6) is 0.582. The number of nitrogens with one attached hydrogen (secondary N) is 1. The van der Waals surface area contributed by atoms with Crippen LogP contribution in [0.2, 0.25) is 0 Å². The minimum Gasteiger partial charge on any atom is -0.276 e. The van der Waals surface area contributed by atoms with Gasteiger partial charge in [0.2, 0.25) is 11.9 Å². The average molecular weight is 373 g/mol. The maximum Gasteiger partial charge on any atom is 0.277 e. The van der Waals surface area contributed by atoms with Crippen LogP contribution in [0, 0.1) is 6.92 Å². The summed E-state index contributed by atoms with van der Waals surface area (Å²) in [5, 5.41) is 4.95. The first kappa shape index (κ1) is 18.3. The molecule has 0 aliphatic heterocycles. The Hall–Kier alpha value is -2.48. The third kappa shape index (κ3) is 3.55. The smallest absolute Gasteiger partial charge is 0.276 e. The molecular formula is C18H23N5O2S. The Morgan fingerprint density at radius 2 is 2.15 bits per heavy atom. The van der Waals surface area contributed by atoms with Gasteiger partial charge in [0.15, 0.2) is 0 Å². The highest BCUT2D eigenvalue weighted by Gasteiger charge is 2.21. The van der Waals surface area contributed by atoms with E-state index in [4.69, 9.17) is 0 Å². The van der Waals surface area contributed by atoms with Crippen molar-refractivity contribution in [1.29, 1.82) is 0 Å². The van der Waals surface area contributed by atoms with Gasteiger partial charge in [-0.15, -0.1) is 11.3 Å². The van der Waals surface area contributed by atoms with Crippen molar-refractivity contribution in [2.24, 2.45) is 0 Å². The molecule has 0 aromatic carbocycles. The fourth-order valence-electron chi connectivity index (χ4n) is 2.84. The molecule has 1 N–H and O–H groups in total. The molecule has 138 valence electrons. The maximum atomic E-state index is 12.8. The SMILES string of the molecule is CCCCc1c(C)nc2nc(N(Cc3cccs3)C(=O)CC)[nH]n2c1=O. The summed E-state index contributed by atoms with van der Waals surface area (Å²) in [6.45, 7) is 6.15. The van der Waals surface area contributed by atoms with Gasteiger partial charge in [0, 0.05) is 16.9 Å². The number of aromatic nitrogens is 4. The zero-order valence-corrected chi connectivity index (χ0v) is 16.1. The third-order valence-corrected chi connectivity index (χ3v) is 5.18. The molecule has 3 aromatic rings. The lowest BCUT2D eigenvalue weighted by atomic mass is 10.1. The predicted octanol–water partition coefficient (Wildman–Crippen LogP) is 3.07. The van der Waals surface area contributed by atoms with Crippen molar-refractivity contribution in [1.82, 2.24) is 19.6 Å². The van der Waals surface area contributed by atoms with Gasteiger partial charge in [-0.1, -0.05) is 26.3 Å². The van der Waals surface area contributed by atoms with Gasteiger partial charge < -0.3 is 0 Å². The zero-order valence-electron chi connectivity index (χ0n) is 15.3. The number of H-pyrrole nitrogens is 1. The number of amides is 1. The standard InChI is InChI=1S/C18H23N5O2S/c1-4-6-9-14-12(3)19-17-20-18(21-23(17)16(14)25)22(15(24)5-2)11-13-8-7-10-26-13/h7-8,10H,4-6,9,11H2,1-3H3,(H,19,20,21). The number of hydrogen-bond donors (Lipinski definition) is 1. The molecule has 0 fully saturated rings. The summed E-state index contributed by atoms with van der Waals surface area (Å²) in [7, 11) is 0. The highest BCUT2D eigenvalue weighted by atomic mass is 32.1. The number of carbonyl (C=O) groups is 1. The Labute approximate surface area is 155 Å². The van der Waals surface area contributed by atoms with Gasteiger partial charge in [0.25, 0.3) is 11.3 Å². The average Bonchev–Trinajstić information content (AvgIpc) is 3.28. The van der Waals surface area contributed by atoms with Crippen molar-refractivity contribution in [3.63, 3.8) is 0 Å². The molecule has 8 heteroatoms. The Bertz CT molecular complexity index is 958. The predicted molar refractivity (Wildman–Crippen MR) is 103 cm³/mol. The molecule has 0 aliphatic carbocycles. The van der Waals surface area contributed by atoms with Gasteiger partial charge in [-0.05, 0) is 31.2 Å². The lowest BCUT2D eigenvalue weighted by Gasteiger charge is -2.17. The van der Waals surface area contributed by atoms with Crippen LogP contribution in [-0.4, -0.2) is 25.5 Å². The molecular weight excluding hydrogens is 350 g/mol. The summed E-state index contributed by atoms with van der Waals surface area (Å²) >= 11 is 1.58. The number of nitrogens with zero attached hydrogens (tertiary/aromatic N) is 4. The number of rotatable bonds is 7. The lowest BCUT2D eigenvalue weighted by Crippen LogP contribution is -2.30. The van der Waals surface area contributed by atoms with Crippen LogP contribution in [0.4, 0.5) is 5.95 Å². The molecule has 0 atom stereocenters. The number of fused-ring (bicyclic) bond motifs is 1. The molecule has 3 aromatic heterocycles. The number of carbonyl (C=O) groups excluding carboxylic acids is 1. The molecule has 1 amide bonds. The Morgan fingerprint density at radius 3 is 2.81 bits per heavy atom. The molecule has 3 rings (SSSR count). The molecule has 0 saturated heterocycles. The molecule has 0 spiro atoms. The van der Waals surface area contributed by atoms with Crippen molar-refractivity contribution in [3.8, 4) is 0 Å². The molecule has 3 heterocycles. The zero-order chi connectivity index (χ0) is 18.7. The van der Waals surface area contributed by atoms with Crippen LogP contribution in [0.25, 0.3) is 5.78 Å². The van der Waals surface area contributed by atoms with E-state index in [1.54, 1.807) is 16.2 Å². The summed E-state index contributed by atoms with van der Waals surface area (Å²) in [6.07, 6.45) is 2.99. The van der Waals surface area contributed by atoms with E-state index in [1.165, 1.54) is 4.52 Å². The monoisotopic (exact) mass is 373 g/mol. The first-order chi connectivity index (χ1) is 12.5. The van der Waals surface area contributed by atoms with Crippen LogP contribution in [0.5, 0.6) is 0 Å². The fraction of sp³-hybridized carbons (Fsp3) is 0.444. The van der Waals surface area contributed by atoms with E-state index in [-0.39, 0.29) is 11.5 Å². The number of hydrogen-bond acceptors (Lipinski definition) is 5. The second kappa shape index (κ2) is 7.82. The van der Waals surface area contributed by atoms with Crippen LogP contribution in [-0.2, 0) is 17.8 Å². The van der Waals surface area contributed by atoms with E-state index in [0.29, 0.717) is 42.4 Å². The molecule has 0 saturated carbocycles. The highest BCUT2D eigenvalue weighted by Crippen LogP contribution is 2.18. The first-order valence-electron chi connectivity index (χ1n) is 8.86. The van der Waals surface area contributed by atoms with Gasteiger partial charge in [-0.25, -0.2) is 4.98 Å². The molecule has 0 bridgehead atoms. The topological polar surface area (TPSA) is 83.4 Å². The van der Waals surface area contributed by atoms with Crippen molar-refractivity contribution >= 4 is 29.0 Å². The maximum absolute atomic E-state index is 12.8. The van der Waals surface area contributed by atoms with Gasteiger partial charge in [-0.3, -0.25) is 19.6 Å². The second-order valence-electron chi connectivity index (χ2n) is 6.18. The van der Waals surface area contributed by atoms with Gasteiger partial charge >= 0.3 is 0 Å². The van der Waals surface area contributed by atoms with Gasteiger partial charge in [0.1, 0.15) is 0 Å². The van der Waals surface area contributed by atoms with Gasteiger partial charge in [-0.2, -0.15) is 9.50 Å². The largest absolute Gasteiger partial charge is 0.277 e. The Kier molecular flexibility index (Phi) is 5.51. The quantitative estimate of drug-likeness (QED) is 0.690. The fourth-order valence-corrected chi connectivity index (χ4v) is 3.53. The number of thiophene rings is 1. The van der Waals surface area contributed by atoms with E-state index in [1.807, 2.05) is 31.4 Å². The Balaban J connectivity index is 2.04. The second-order valence-corrected chi connectivity index (χ2v) is 7.21. The van der Waals surface area contributed by atoms with Crippen LogP contribution < -0.4 is 10.5 Å². The van der Waals surface area contributed by atoms with E-state index in [9.17, 15) is 9.59 Å². The van der Waals surface area contributed by atoms with E-state index in [0.717, 1.165) is 17.7 Å². The minimum atomic E-state index is -0.139. The van der Waals surface area contributed by atoms with E-state index >= 15 is 0 Å². The minimum absolute atomic E-state index is 0.0616. The molecule has 7 nitrogen and oxygen atoms in total. The summed E-state index contributed by atoms with van der Waals surface area (Å²) < 4.78 is 1.34. The first-order valence-corrected chi connectivity index (χ1v) is 9.74. The third-order valence-electron chi connectivity index (χ3n) is 4.32. The van der Waals surface area contributed by atoms with Crippen LogP contribution >= 0.6 is 11.3 Å². The highest BCUT2D eigenvalue weighted by molar-refractivity contribution is 7.09. The summed E-state index contributed by atoms with van der Waals surface area (Å²) in [4.78, 5) is 36.7. The van der Waals surface area contributed by atoms with E-state index < -0.39 is 0 Å². The number of unbranched alkanes of at least 4 members (excludes halogenated alkanes) is 1. The van der Waals surface area contributed by atoms with Crippen molar-refractivity contribution in [2.75, 3.05) is 4.90 Å². The number of anilines is 1. The van der Waals surface area contributed by atoms with E-state index in [2.05, 4.69) is 22.0 Å². The number of aryl methyl sites for hydroxylation is 1. The van der Waals surface area contributed by atoms with Gasteiger partial charge in [0.05, 0.1) is 12.2 Å². The molecule has 0 aliphatic rings. The van der Waals surface area contributed by atoms with Crippen molar-refractivity contribution < 1.29 is 4.79 Å². The summed E-state index contributed by atoms with van der Waals surface area (Å²) in [6, 6.07) is 3.92. The lowest BCUT2D eigenvalue weighted by molar-refractivity contribution is -0.118. The molecule has 0 radical (unpaired) electrons. The summed E-state index contributed by atoms with van der Waals surface area (Å²) in [5.41, 5.74) is 1.26. The molecule has 0 unspecified atom stereocenters.